The molecular formula is C37H56F6N6O15. The maximum absolute atomic E-state index is 14.2. The molecule has 3 aliphatic rings. The van der Waals surface area contributed by atoms with Crippen molar-refractivity contribution in [3.63, 3.8) is 0 Å². The molecule has 2 saturated heterocycles. The van der Waals surface area contributed by atoms with Gasteiger partial charge >= 0.3 is 30.0 Å². The van der Waals surface area contributed by atoms with Gasteiger partial charge in [-0.2, -0.15) is 26.3 Å². The number of carbonyl (C=O) groups excluding carboxylic acids is 2. The number of nitrogens with zero attached hydrogens (tertiary/aromatic N) is 3. The van der Waals surface area contributed by atoms with Crippen molar-refractivity contribution in [1.82, 2.24) is 24.7 Å². The number of aliphatic hydroxyl groups excluding tert-OH is 4. The predicted molar refractivity (Wildman–Crippen MR) is 207 cm³/mol. The summed E-state index contributed by atoms with van der Waals surface area (Å²) < 4.78 is 82.1. The number of aliphatic carboxylic acids is 2. The lowest BCUT2D eigenvalue weighted by Crippen LogP contribution is -2.59. The number of nitrogens with one attached hydrogen (secondary N) is 2. The highest BCUT2D eigenvalue weighted by molar-refractivity contribution is 5.99. The third kappa shape index (κ3) is 15.9. The average molecular weight is 939 g/mol. The van der Waals surface area contributed by atoms with Gasteiger partial charge in [-0.15, -0.1) is 0 Å². The number of carboxylic acids is 2. The molecule has 0 aliphatic carbocycles. The van der Waals surface area contributed by atoms with Crippen LogP contribution in [0.4, 0.5) is 26.3 Å². The van der Waals surface area contributed by atoms with Crippen LogP contribution in [-0.4, -0.2) is 175 Å². The van der Waals surface area contributed by atoms with Crippen molar-refractivity contribution in [2.45, 2.75) is 138 Å². The number of amides is 2. The first-order valence-electron chi connectivity index (χ1n) is 20.1. The fourth-order valence-electron chi connectivity index (χ4n) is 6.67. The van der Waals surface area contributed by atoms with Gasteiger partial charge in [-0.25, -0.2) is 14.4 Å². The summed E-state index contributed by atoms with van der Waals surface area (Å²) in [5, 5.41) is 60.6. The minimum atomic E-state index is -5.08. The molecule has 0 aromatic carbocycles. The molecule has 64 heavy (non-hydrogen) atoms. The lowest BCUT2D eigenvalue weighted by atomic mass is 9.97. The number of rotatable bonds is 17. The molecule has 0 radical (unpaired) electrons. The van der Waals surface area contributed by atoms with Gasteiger partial charge in [0.15, 0.2) is 12.5 Å². The Hall–Kier alpha value is -4.48. The van der Waals surface area contributed by atoms with E-state index < -0.39 is 109 Å². The van der Waals surface area contributed by atoms with E-state index in [4.69, 9.17) is 39.7 Å². The fourth-order valence-corrected chi connectivity index (χ4v) is 6.67. The molecule has 2 fully saturated rings. The number of nitrogens with two attached hydrogens (primary N) is 1. The lowest BCUT2D eigenvalue weighted by Gasteiger charge is -2.38. The quantitative estimate of drug-likeness (QED) is 0.0704. The third-order valence-electron chi connectivity index (χ3n) is 10.2. The number of likely N-dealkylation sites (N-methyl/N-ethyl adjacent to an activating group) is 2. The van der Waals surface area contributed by atoms with Crippen molar-refractivity contribution in [2.75, 3.05) is 33.7 Å². The number of carbonyl (C=O) groups is 4. The Morgan fingerprint density at radius 1 is 0.859 bits per heavy atom. The summed E-state index contributed by atoms with van der Waals surface area (Å²) in [5.74, 6) is -6.60. The lowest BCUT2D eigenvalue weighted by molar-refractivity contribution is -0.232. The van der Waals surface area contributed by atoms with Crippen molar-refractivity contribution >= 4 is 23.8 Å². The Bertz CT molecular complexity index is 1810. The summed E-state index contributed by atoms with van der Waals surface area (Å²) in [5.41, 5.74) is 4.18. The summed E-state index contributed by atoms with van der Waals surface area (Å²) in [6.07, 6.45) is -10.9. The normalized spacial score (nSPS) is 26.8. The molecule has 1 aromatic heterocycles. The van der Waals surface area contributed by atoms with Gasteiger partial charge in [-0.1, -0.05) is 58.3 Å². The van der Waals surface area contributed by atoms with Crippen molar-refractivity contribution in [3.05, 3.63) is 44.9 Å². The van der Waals surface area contributed by atoms with Gasteiger partial charge in [-0.3, -0.25) is 28.8 Å². The number of ether oxygens (including phenoxy) is 3. The third-order valence-corrected chi connectivity index (χ3v) is 10.2. The molecule has 3 aliphatic heterocycles. The van der Waals surface area contributed by atoms with E-state index in [-0.39, 0.29) is 18.8 Å². The summed E-state index contributed by atoms with van der Waals surface area (Å²) in [7, 11) is 3.01. The summed E-state index contributed by atoms with van der Waals surface area (Å²) in [4.78, 5) is 74.3. The summed E-state index contributed by atoms with van der Waals surface area (Å²) in [6.45, 7) is 2.54. The molecule has 0 saturated carbocycles. The van der Waals surface area contributed by atoms with Crippen molar-refractivity contribution < 1.29 is 90.4 Å². The molecule has 27 heteroatoms. The smallest absolute Gasteiger partial charge is 0.475 e. The number of hydrogen-bond donors (Lipinski definition) is 9. The molecular weight excluding hydrogens is 882 g/mol. The van der Waals surface area contributed by atoms with Crippen LogP contribution >= 0.6 is 0 Å². The molecule has 21 nitrogen and oxygen atoms in total. The molecule has 2 amide bonds. The predicted octanol–water partition coefficient (Wildman–Crippen LogP) is -0.484. The molecule has 366 valence electrons. The summed E-state index contributed by atoms with van der Waals surface area (Å²) in [6, 6.07) is -0.269. The Morgan fingerprint density at radius 3 is 1.88 bits per heavy atom. The molecule has 10 N–H and O–H groups in total. The SMILES string of the molecule is CCCCCCCCCCCNC(=O)C1=CCN(C)[C@@H]([C@H](O[C@@H]2O[C@H](CN)[C@@H](O)[C@H]2O)[C@H]2O[C@@H](n3ccc(=O)[nH]c3=O)[C@H](O)[C@@H]2O)C(=O)N1C.O=C(O)C(F)(F)F.O=C(O)C(F)(F)F. The minimum Gasteiger partial charge on any atom is -0.475 e. The highest BCUT2D eigenvalue weighted by atomic mass is 19.4. The largest absolute Gasteiger partial charge is 0.490 e. The second-order valence-electron chi connectivity index (χ2n) is 14.9. The Labute approximate surface area is 361 Å². The van der Waals surface area contributed by atoms with Gasteiger partial charge < -0.3 is 60.8 Å². The van der Waals surface area contributed by atoms with E-state index in [0.29, 0.717) is 6.54 Å². The van der Waals surface area contributed by atoms with Crippen molar-refractivity contribution in [1.29, 1.82) is 0 Å². The Balaban J connectivity index is 0.000000866. The zero-order valence-corrected chi connectivity index (χ0v) is 35.0. The standard InChI is InChI=1S/C33H54N6O11.2C2HF3O2/c1-4-5-6-7-8-9-10-11-12-15-35-29(45)19-13-16-37(2)22(30(46)38(19)3)27(50-32-26(44)23(41)20(18-34)48-32)28-24(42)25(43)31(49-28)39-17-14-21(40)36-33(39)47;2*3-2(4,5)1(6)7/h13-14,17,20,22-28,31-32,41-44H,4-12,15-16,18,34H2,1-3H3,(H,35,45)(H,36,40,47);2*(H,6,7)/t20-,22+,23-,24+,25-,26-,27+,28+,31-,32+;;/m1../s1. The highest BCUT2D eigenvalue weighted by Crippen LogP contribution is 2.36. The summed E-state index contributed by atoms with van der Waals surface area (Å²) >= 11 is 0. The number of aromatic amines is 1. The molecule has 0 unspecified atom stereocenters. The van der Waals surface area contributed by atoms with Crippen molar-refractivity contribution in [2.24, 2.45) is 5.73 Å². The van der Waals surface area contributed by atoms with E-state index in [1.54, 1.807) is 18.0 Å². The van der Waals surface area contributed by atoms with E-state index in [0.717, 1.165) is 42.5 Å². The molecule has 4 heterocycles. The fraction of sp³-hybridized carbons (Fsp3) is 0.730. The number of alkyl halides is 6. The number of unbranched alkanes of at least 4 members (excludes halogenated alkanes) is 8. The maximum Gasteiger partial charge on any atom is 0.490 e. The van der Waals surface area contributed by atoms with Crippen LogP contribution in [0.3, 0.4) is 0 Å². The van der Waals surface area contributed by atoms with Crippen molar-refractivity contribution in [3.8, 4) is 0 Å². The molecule has 0 spiro atoms. The van der Waals surface area contributed by atoms with Crippen LogP contribution in [0, 0.1) is 0 Å². The molecule has 0 bridgehead atoms. The zero-order valence-electron chi connectivity index (χ0n) is 35.0. The monoisotopic (exact) mass is 938 g/mol. The van der Waals surface area contributed by atoms with Gasteiger partial charge in [-0.05, 0) is 19.5 Å². The van der Waals surface area contributed by atoms with Gasteiger partial charge in [0, 0.05) is 38.9 Å². The van der Waals surface area contributed by atoms with E-state index >= 15 is 0 Å². The number of hydrogen-bond acceptors (Lipinski definition) is 15. The first-order chi connectivity index (χ1) is 29.8. The highest BCUT2D eigenvalue weighted by Gasteiger charge is 2.55. The Kier molecular flexibility index (Phi) is 22.0. The van der Waals surface area contributed by atoms with Crippen LogP contribution in [-0.2, 0) is 33.4 Å². The van der Waals surface area contributed by atoms with Gasteiger partial charge in [0.25, 0.3) is 11.5 Å². The molecule has 4 rings (SSSR count). The molecule has 1 aromatic rings. The number of aromatic nitrogens is 2. The van der Waals surface area contributed by atoms with Crippen LogP contribution in [0.1, 0.15) is 70.9 Å². The topological polar surface area (TPSA) is 317 Å². The second kappa shape index (κ2) is 25.3. The zero-order chi connectivity index (χ0) is 48.7. The Morgan fingerprint density at radius 2 is 1.39 bits per heavy atom. The van der Waals surface area contributed by atoms with E-state index in [2.05, 4.69) is 17.2 Å². The van der Waals surface area contributed by atoms with Gasteiger partial charge in [0.2, 0.25) is 5.91 Å². The second-order valence-corrected chi connectivity index (χ2v) is 14.9. The first-order valence-corrected chi connectivity index (χ1v) is 20.1. The van der Waals surface area contributed by atoms with Gasteiger partial charge in [0.05, 0.1) is 0 Å². The van der Waals surface area contributed by atoms with Crippen LogP contribution in [0.2, 0.25) is 0 Å². The van der Waals surface area contributed by atoms with E-state index in [1.165, 1.54) is 44.1 Å². The number of aliphatic hydroxyl groups is 4. The number of H-pyrrole nitrogens is 1. The van der Waals surface area contributed by atoms with Gasteiger partial charge in [0.1, 0.15) is 54.5 Å². The number of halogens is 6. The maximum atomic E-state index is 14.2. The van der Waals surface area contributed by atoms with E-state index in [9.17, 15) is 65.9 Å². The van der Waals surface area contributed by atoms with E-state index in [1.807, 2.05) is 0 Å². The number of carboxylic acid groups (broad SMARTS) is 2. The van der Waals surface area contributed by atoms with Crippen LogP contribution in [0.25, 0.3) is 0 Å². The minimum absolute atomic E-state index is 0.0672. The van der Waals surface area contributed by atoms with Crippen LogP contribution in [0.15, 0.2) is 33.6 Å². The van der Waals surface area contributed by atoms with Crippen LogP contribution in [0.5, 0.6) is 0 Å². The molecule has 10 atom stereocenters. The van der Waals surface area contributed by atoms with Crippen LogP contribution < -0.4 is 22.3 Å². The average Bonchev–Trinajstić information content (AvgIpc) is 3.61. The first kappa shape index (κ1) is 55.7.